The van der Waals surface area contributed by atoms with E-state index in [1.165, 1.54) is 0 Å². The maximum Gasteiger partial charge on any atom is 0.254 e. The smallest absolute Gasteiger partial charge is 0.254 e. The first-order chi connectivity index (χ1) is 10.6. The highest BCUT2D eigenvalue weighted by Crippen LogP contribution is 2.30. The fourth-order valence-electron chi connectivity index (χ4n) is 3.54. The molecular weight excluding hydrogens is 314 g/mol. The first kappa shape index (κ1) is 17.8. The molecule has 3 rings (SSSR count). The summed E-state index contributed by atoms with van der Waals surface area (Å²) in [5.41, 5.74) is 8.55. The molecule has 0 saturated carbocycles. The van der Waals surface area contributed by atoms with E-state index in [1.807, 2.05) is 23.1 Å². The molecule has 1 atom stereocenters. The Hall–Kier alpha value is -1.59. The molecule has 0 spiro atoms. The van der Waals surface area contributed by atoms with Crippen LogP contribution in [0.3, 0.4) is 0 Å². The van der Waals surface area contributed by atoms with E-state index in [0.29, 0.717) is 18.7 Å². The van der Waals surface area contributed by atoms with Gasteiger partial charge in [0.25, 0.3) is 5.91 Å². The lowest BCUT2D eigenvalue weighted by Crippen LogP contribution is -2.47. The Bertz CT molecular complexity index is 606. The van der Waals surface area contributed by atoms with Crippen LogP contribution in [-0.4, -0.2) is 42.4 Å². The summed E-state index contributed by atoms with van der Waals surface area (Å²) >= 11 is 0. The molecule has 1 fully saturated rings. The summed E-state index contributed by atoms with van der Waals surface area (Å²) in [4.78, 5) is 28.1. The maximum atomic E-state index is 12.8. The van der Waals surface area contributed by atoms with Gasteiger partial charge in [-0.2, -0.15) is 0 Å². The lowest BCUT2D eigenvalue weighted by Gasteiger charge is -2.35. The molecule has 23 heavy (non-hydrogen) atoms. The topological polar surface area (TPSA) is 66.6 Å². The van der Waals surface area contributed by atoms with Crippen LogP contribution in [0.2, 0.25) is 0 Å². The zero-order chi connectivity index (χ0) is 15.7. The molecule has 0 aliphatic carbocycles. The van der Waals surface area contributed by atoms with Gasteiger partial charge in [0.2, 0.25) is 5.91 Å². The van der Waals surface area contributed by atoms with Crippen molar-refractivity contribution in [2.75, 3.05) is 24.5 Å². The molecule has 2 aliphatic heterocycles. The number of carbonyl (C=O) groups excluding carboxylic acids is 2. The van der Waals surface area contributed by atoms with Gasteiger partial charge < -0.3 is 15.5 Å². The van der Waals surface area contributed by atoms with Gasteiger partial charge in [-0.1, -0.05) is 0 Å². The minimum absolute atomic E-state index is 0. The lowest BCUT2D eigenvalue weighted by molar-refractivity contribution is -0.116. The number of nitrogens with zero attached hydrogens (tertiary/aromatic N) is 2. The number of rotatable bonds is 2. The van der Waals surface area contributed by atoms with Crippen molar-refractivity contribution in [2.24, 2.45) is 5.73 Å². The van der Waals surface area contributed by atoms with Crippen molar-refractivity contribution in [3.8, 4) is 0 Å². The highest BCUT2D eigenvalue weighted by molar-refractivity contribution is 5.98. The number of carbonyl (C=O) groups is 2. The number of benzene rings is 1. The number of hydrogen-bond acceptors (Lipinski definition) is 3. The molecule has 1 aromatic rings. The van der Waals surface area contributed by atoms with Crippen molar-refractivity contribution in [1.29, 1.82) is 0 Å². The third-order valence-electron chi connectivity index (χ3n) is 4.76. The minimum Gasteiger partial charge on any atom is -0.334 e. The van der Waals surface area contributed by atoms with E-state index in [2.05, 4.69) is 0 Å². The van der Waals surface area contributed by atoms with Crippen molar-refractivity contribution < 1.29 is 9.59 Å². The number of fused-ring (bicyclic) bond motifs is 1. The van der Waals surface area contributed by atoms with Crippen LogP contribution in [0, 0.1) is 0 Å². The third kappa shape index (κ3) is 3.35. The average Bonchev–Trinajstić information content (AvgIpc) is 2.97. The van der Waals surface area contributed by atoms with Crippen LogP contribution < -0.4 is 10.6 Å². The summed E-state index contributed by atoms with van der Waals surface area (Å²) < 4.78 is 0. The monoisotopic (exact) mass is 337 g/mol. The van der Waals surface area contributed by atoms with Crippen LogP contribution in [0.4, 0.5) is 5.69 Å². The number of likely N-dealkylation sites (tertiary alicyclic amines) is 1. The summed E-state index contributed by atoms with van der Waals surface area (Å²) in [5.74, 6) is 0.122. The predicted molar refractivity (Wildman–Crippen MR) is 93.2 cm³/mol. The predicted octanol–water partition coefficient (Wildman–Crippen LogP) is 1.97. The Morgan fingerprint density at radius 3 is 2.74 bits per heavy atom. The molecule has 1 unspecified atom stereocenters. The lowest BCUT2D eigenvalue weighted by atomic mass is 10.00. The Morgan fingerprint density at radius 2 is 2.04 bits per heavy atom. The van der Waals surface area contributed by atoms with Crippen LogP contribution in [0.25, 0.3) is 0 Å². The van der Waals surface area contributed by atoms with Gasteiger partial charge in [0.15, 0.2) is 0 Å². The quantitative estimate of drug-likeness (QED) is 0.897. The number of anilines is 1. The second-order valence-corrected chi connectivity index (χ2v) is 6.15. The van der Waals surface area contributed by atoms with Gasteiger partial charge >= 0.3 is 0 Å². The molecule has 6 heteroatoms. The number of hydrogen-bond donors (Lipinski definition) is 1. The summed E-state index contributed by atoms with van der Waals surface area (Å²) in [7, 11) is 0. The van der Waals surface area contributed by atoms with Crippen LogP contribution in [0.5, 0.6) is 0 Å². The van der Waals surface area contributed by atoms with Crippen molar-refractivity contribution in [3.63, 3.8) is 0 Å². The fraction of sp³-hybridized carbons (Fsp3) is 0.529. The van der Waals surface area contributed by atoms with Gasteiger partial charge in [0.05, 0.1) is 0 Å². The third-order valence-corrected chi connectivity index (χ3v) is 4.76. The van der Waals surface area contributed by atoms with E-state index in [-0.39, 0.29) is 30.3 Å². The van der Waals surface area contributed by atoms with E-state index in [4.69, 9.17) is 5.73 Å². The Labute approximate surface area is 143 Å². The first-order valence-electron chi connectivity index (χ1n) is 8.04. The Morgan fingerprint density at radius 1 is 1.26 bits per heavy atom. The average molecular weight is 338 g/mol. The summed E-state index contributed by atoms with van der Waals surface area (Å²) in [5, 5.41) is 0. The van der Waals surface area contributed by atoms with E-state index < -0.39 is 0 Å². The largest absolute Gasteiger partial charge is 0.334 e. The summed E-state index contributed by atoms with van der Waals surface area (Å²) in [6.45, 7) is 3.59. The zero-order valence-electron chi connectivity index (χ0n) is 13.5. The molecule has 0 bridgehead atoms. The number of piperidine rings is 1. The van der Waals surface area contributed by atoms with Gasteiger partial charge in [-0.3, -0.25) is 9.59 Å². The molecule has 0 radical (unpaired) electrons. The van der Waals surface area contributed by atoms with Crippen molar-refractivity contribution in [3.05, 3.63) is 29.3 Å². The first-order valence-corrected chi connectivity index (χ1v) is 8.04. The van der Waals surface area contributed by atoms with Crippen LogP contribution in [-0.2, 0) is 11.2 Å². The normalized spacial score (nSPS) is 20.0. The highest BCUT2D eigenvalue weighted by atomic mass is 35.5. The van der Waals surface area contributed by atoms with Gasteiger partial charge in [-0.15, -0.1) is 12.4 Å². The molecule has 126 valence electrons. The van der Waals surface area contributed by atoms with Crippen LogP contribution in [0.1, 0.15) is 42.1 Å². The van der Waals surface area contributed by atoms with E-state index in [9.17, 15) is 9.59 Å². The van der Waals surface area contributed by atoms with Crippen molar-refractivity contribution in [2.45, 2.75) is 38.6 Å². The molecule has 5 nitrogen and oxygen atoms in total. The molecule has 2 N–H and O–H groups in total. The summed E-state index contributed by atoms with van der Waals surface area (Å²) in [6, 6.07) is 5.84. The second-order valence-electron chi connectivity index (χ2n) is 6.15. The van der Waals surface area contributed by atoms with Crippen molar-refractivity contribution >= 4 is 29.9 Å². The Balaban J connectivity index is 0.00000192. The number of amides is 2. The second kappa shape index (κ2) is 7.32. The Kier molecular flexibility index (Phi) is 5.65. The maximum absolute atomic E-state index is 12.8. The molecule has 2 amide bonds. The van der Waals surface area contributed by atoms with E-state index in [1.54, 1.807) is 11.8 Å². The number of nitrogens with two attached hydrogens (primary N) is 1. The van der Waals surface area contributed by atoms with Gasteiger partial charge in [-0.05, 0) is 49.4 Å². The van der Waals surface area contributed by atoms with Crippen LogP contribution in [0.15, 0.2) is 18.2 Å². The van der Waals surface area contributed by atoms with E-state index >= 15 is 0 Å². The molecule has 0 aromatic heterocycles. The molecule has 2 aliphatic rings. The van der Waals surface area contributed by atoms with Gasteiger partial charge in [-0.25, -0.2) is 0 Å². The minimum atomic E-state index is 0. The highest BCUT2D eigenvalue weighted by Gasteiger charge is 2.28. The fourth-order valence-corrected chi connectivity index (χ4v) is 3.54. The number of halogens is 1. The zero-order valence-corrected chi connectivity index (χ0v) is 14.3. The van der Waals surface area contributed by atoms with Crippen molar-refractivity contribution in [1.82, 2.24) is 4.90 Å². The van der Waals surface area contributed by atoms with E-state index in [0.717, 1.165) is 43.5 Å². The van der Waals surface area contributed by atoms with Crippen LogP contribution >= 0.6 is 12.4 Å². The molecule has 1 saturated heterocycles. The molecule has 1 aromatic carbocycles. The SMILES string of the molecule is CC(=O)N1CCc2cc(C(=O)N3CCCCC3CN)ccc21.Cl. The summed E-state index contributed by atoms with van der Waals surface area (Å²) in [6.07, 6.45) is 4.00. The molecule has 2 heterocycles. The molecular formula is C17H24ClN3O2. The van der Waals surface area contributed by atoms with Gasteiger partial charge in [0.1, 0.15) is 0 Å². The standard InChI is InChI=1S/C17H23N3O2.ClH/c1-12(21)19-9-7-13-10-14(5-6-16(13)19)17(22)20-8-3-2-4-15(20)11-18;/h5-6,10,15H,2-4,7-9,11,18H2,1H3;1H. The van der Waals surface area contributed by atoms with Gasteiger partial charge in [0, 0.05) is 43.9 Å².